The molecule has 2 aliphatic rings. The van der Waals surface area contributed by atoms with Gasteiger partial charge in [0.15, 0.2) is 0 Å². The largest absolute Gasteiger partial charge is 1.00 e. The third kappa shape index (κ3) is 2.87. The first-order valence-corrected chi connectivity index (χ1v) is 6.58. The van der Waals surface area contributed by atoms with E-state index in [0.29, 0.717) is 10.8 Å². The Kier molecular flexibility index (Phi) is 4.18. The van der Waals surface area contributed by atoms with Crippen LogP contribution in [0.5, 0.6) is 0 Å². The zero-order valence-corrected chi connectivity index (χ0v) is 13.2. The normalized spacial score (nSPS) is 21.8. The first kappa shape index (κ1) is 15.4. The number of hydrogen-bond acceptors (Lipinski definition) is 7. The smallest absolute Gasteiger partial charge is 0.724 e. The molecule has 1 fully saturated rings. The van der Waals surface area contributed by atoms with Crippen molar-refractivity contribution in [1.29, 1.82) is 0 Å². The Balaban J connectivity index is 0.00000147. The second-order valence-corrected chi connectivity index (χ2v) is 5.01. The van der Waals surface area contributed by atoms with Crippen molar-refractivity contribution < 1.29 is 51.6 Å². The third-order valence-electron chi connectivity index (χ3n) is 2.79. The minimum atomic E-state index is -4.99. The zero-order chi connectivity index (χ0) is 13.6. The molecule has 3 heterocycles. The molecule has 1 atom stereocenters. The minimum absolute atomic E-state index is 0. The van der Waals surface area contributed by atoms with Crippen LogP contribution in [0.25, 0.3) is 5.70 Å². The van der Waals surface area contributed by atoms with E-state index in [1.165, 1.54) is 15.8 Å². The molecular formula is C8H8N5NaO5S. The molecule has 2 aliphatic heterocycles. The van der Waals surface area contributed by atoms with Gasteiger partial charge in [-0.25, -0.2) is 17.9 Å². The van der Waals surface area contributed by atoms with Crippen LogP contribution in [0.1, 0.15) is 0 Å². The number of carbonyl (C=O) groups is 1. The summed E-state index contributed by atoms with van der Waals surface area (Å²) in [6.07, 6.45) is 4.68. The standard InChI is InChI=1S/C8H9N5O5S.Na/c14-8-11-4-6(12-2-1-9-10-12)3-7(5-11)13(8)18-19(15,16)17;/h1-3,7H,4-5H2,(H,15,16,17);/q;+1/p-1. The molecule has 0 saturated carbocycles. The first-order chi connectivity index (χ1) is 8.94. The molecule has 1 aromatic rings. The Bertz CT molecular complexity index is 644. The Hall–Kier alpha value is -0.980. The topological polar surface area (TPSA) is 121 Å². The van der Waals surface area contributed by atoms with Gasteiger partial charge < -0.3 is 9.45 Å². The maximum atomic E-state index is 11.8. The Morgan fingerprint density at radius 2 is 2.20 bits per heavy atom. The molecule has 102 valence electrons. The van der Waals surface area contributed by atoms with E-state index in [-0.39, 0.29) is 42.6 Å². The summed E-state index contributed by atoms with van der Waals surface area (Å²) >= 11 is 0. The molecule has 0 spiro atoms. The second-order valence-electron chi connectivity index (χ2n) is 4.04. The molecule has 1 unspecified atom stereocenters. The van der Waals surface area contributed by atoms with Crippen molar-refractivity contribution in [3.05, 3.63) is 18.5 Å². The molecule has 0 aliphatic carbocycles. The van der Waals surface area contributed by atoms with Crippen LogP contribution in [0.3, 0.4) is 0 Å². The van der Waals surface area contributed by atoms with Gasteiger partial charge in [-0.05, 0) is 6.08 Å². The Morgan fingerprint density at radius 1 is 1.45 bits per heavy atom. The van der Waals surface area contributed by atoms with Crippen LogP contribution < -0.4 is 29.6 Å². The fraction of sp³-hybridized carbons (Fsp3) is 0.375. The van der Waals surface area contributed by atoms with Crippen LogP contribution in [0.4, 0.5) is 4.79 Å². The van der Waals surface area contributed by atoms with E-state index in [1.807, 2.05) is 0 Å². The molecule has 12 heteroatoms. The van der Waals surface area contributed by atoms with Crippen LogP contribution in [-0.4, -0.2) is 63.1 Å². The van der Waals surface area contributed by atoms with Crippen LogP contribution in [-0.2, 0) is 14.7 Å². The average Bonchev–Trinajstić information content (AvgIpc) is 2.92. The van der Waals surface area contributed by atoms with E-state index in [4.69, 9.17) is 0 Å². The van der Waals surface area contributed by atoms with E-state index >= 15 is 0 Å². The summed E-state index contributed by atoms with van der Waals surface area (Å²) < 4.78 is 37.4. The van der Waals surface area contributed by atoms with Crippen molar-refractivity contribution in [2.24, 2.45) is 0 Å². The number of carbonyl (C=O) groups excluding carboxylic acids is 1. The molecule has 0 N–H and O–H groups in total. The van der Waals surface area contributed by atoms with Gasteiger partial charge in [-0.15, -0.1) is 5.10 Å². The van der Waals surface area contributed by atoms with E-state index in [0.717, 1.165) is 0 Å². The van der Waals surface area contributed by atoms with E-state index in [2.05, 4.69) is 14.6 Å². The van der Waals surface area contributed by atoms with Gasteiger partial charge in [0.1, 0.15) is 6.04 Å². The zero-order valence-electron chi connectivity index (χ0n) is 10.4. The quantitative estimate of drug-likeness (QED) is 0.314. The average molecular weight is 309 g/mol. The van der Waals surface area contributed by atoms with E-state index in [1.54, 1.807) is 12.3 Å². The van der Waals surface area contributed by atoms with Gasteiger partial charge in [-0.2, -0.15) is 9.35 Å². The monoisotopic (exact) mass is 309 g/mol. The van der Waals surface area contributed by atoms with Crippen LogP contribution in [0.2, 0.25) is 0 Å². The molecular weight excluding hydrogens is 301 g/mol. The van der Waals surface area contributed by atoms with Gasteiger partial charge in [-0.3, -0.25) is 0 Å². The molecule has 3 rings (SSSR count). The summed E-state index contributed by atoms with van der Waals surface area (Å²) in [5.74, 6) is 0. The summed E-state index contributed by atoms with van der Waals surface area (Å²) in [4.78, 5) is 13.2. The van der Waals surface area contributed by atoms with Crippen molar-refractivity contribution in [1.82, 2.24) is 25.0 Å². The third-order valence-corrected chi connectivity index (χ3v) is 3.14. The minimum Gasteiger partial charge on any atom is -0.724 e. The van der Waals surface area contributed by atoms with Crippen molar-refractivity contribution >= 4 is 22.1 Å². The summed E-state index contributed by atoms with van der Waals surface area (Å²) in [5, 5.41) is 7.99. The van der Waals surface area contributed by atoms with Crippen molar-refractivity contribution in [2.45, 2.75) is 6.04 Å². The van der Waals surface area contributed by atoms with Gasteiger partial charge >= 0.3 is 35.6 Å². The Labute approximate surface area is 136 Å². The van der Waals surface area contributed by atoms with Gasteiger partial charge in [-0.1, -0.05) is 5.21 Å². The molecule has 10 nitrogen and oxygen atoms in total. The maximum absolute atomic E-state index is 11.8. The number of fused-ring (bicyclic) bond motifs is 2. The molecule has 1 aromatic heterocycles. The van der Waals surface area contributed by atoms with Crippen molar-refractivity contribution in [2.75, 3.05) is 13.1 Å². The maximum Gasteiger partial charge on any atom is 1.00 e. The molecule has 0 aromatic carbocycles. The fourth-order valence-corrected chi connectivity index (χ4v) is 2.45. The number of hydroxylamine groups is 2. The second kappa shape index (κ2) is 5.42. The summed E-state index contributed by atoms with van der Waals surface area (Å²) in [5.41, 5.74) is 0.650. The van der Waals surface area contributed by atoms with E-state index in [9.17, 15) is 17.8 Å². The number of aromatic nitrogens is 3. The van der Waals surface area contributed by atoms with Crippen molar-refractivity contribution in [3.8, 4) is 0 Å². The molecule has 20 heavy (non-hydrogen) atoms. The Morgan fingerprint density at radius 3 is 2.80 bits per heavy atom. The predicted octanol–water partition coefficient (Wildman–Crippen LogP) is -4.37. The molecule has 2 bridgehead atoms. The molecule has 0 radical (unpaired) electrons. The number of amides is 2. The number of rotatable bonds is 3. The van der Waals surface area contributed by atoms with Crippen LogP contribution in [0.15, 0.2) is 18.5 Å². The first-order valence-electron chi connectivity index (χ1n) is 5.25. The van der Waals surface area contributed by atoms with Gasteiger partial charge in [0, 0.05) is 6.54 Å². The predicted molar refractivity (Wildman–Crippen MR) is 57.7 cm³/mol. The fourth-order valence-electron chi connectivity index (χ4n) is 2.08. The van der Waals surface area contributed by atoms with Gasteiger partial charge in [0.25, 0.3) is 0 Å². The SMILES string of the molecule is O=C1N2CC(n3ccnn3)=CC(C2)N1OS(=O)(=O)[O-].[Na+]. The summed E-state index contributed by atoms with van der Waals surface area (Å²) in [7, 11) is -4.99. The van der Waals surface area contributed by atoms with Crippen LogP contribution in [0, 0.1) is 0 Å². The number of urea groups is 1. The number of hydrogen-bond donors (Lipinski definition) is 0. The van der Waals surface area contributed by atoms with E-state index < -0.39 is 22.5 Å². The summed E-state index contributed by atoms with van der Waals surface area (Å²) in [6.45, 7) is 0.490. The van der Waals surface area contributed by atoms with Crippen LogP contribution >= 0.6 is 0 Å². The molecule has 1 saturated heterocycles. The van der Waals surface area contributed by atoms with Gasteiger partial charge in [0.2, 0.25) is 10.4 Å². The number of nitrogens with zero attached hydrogens (tertiary/aromatic N) is 5. The summed E-state index contributed by atoms with van der Waals surface area (Å²) in [6, 6.07) is -1.32. The van der Waals surface area contributed by atoms with Crippen molar-refractivity contribution in [3.63, 3.8) is 0 Å². The van der Waals surface area contributed by atoms with Gasteiger partial charge in [0.05, 0.1) is 24.6 Å². The molecule has 2 amide bonds.